The van der Waals surface area contributed by atoms with Gasteiger partial charge in [0.25, 0.3) is 0 Å². The topological polar surface area (TPSA) is 73.3 Å². The standard InChI is InChI=1S/C19H25N3O3S/c1-4-6-7-8-18-21-22-19(26-18)20-17(23)12-10-14-9-11-15(24-3)16(13-14)25-5-2/h9-13H,4-8H2,1-3H3,(H,20,22,23)/b12-10+. The van der Waals surface area contributed by atoms with E-state index in [4.69, 9.17) is 9.47 Å². The summed E-state index contributed by atoms with van der Waals surface area (Å²) in [5, 5.41) is 12.4. The highest BCUT2D eigenvalue weighted by molar-refractivity contribution is 7.15. The molecule has 0 spiro atoms. The van der Waals surface area contributed by atoms with Gasteiger partial charge in [-0.3, -0.25) is 10.1 Å². The highest BCUT2D eigenvalue weighted by Crippen LogP contribution is 2.28. The molecular formula is C19H25N3O3S. The molecule has 2 rings (SSSR count). The molecule has 0 saturated heterocycles. The van der Waals surface area contributed by atoms with Crippen molar-refractivity contribution in [1.82, 2.24) is 10.2 Å². The maximum Gasteiger partial charge on any atom is 0.250 e. The molecule has 1 aromatic carbocycles. The summed E-state index contributed by atoms with van der Waals surface area (Å²) < 4.78 is 10.8. The predicted octanol–water partition coefficient (Wildman–Crippen LogP) is 4.33. The van der Waals surface area contributed by atoms with Crippen LogP contribution >= 0.6 is 11.3 Å². The number of carbonyl (C=O) groups is 1. The van der Waals surface area contributed by atoms with Gasteiger partial charge in [-0.15, -0.1) is 10.2 Å². The van der Waals surface area contributed by atoms with Gasteiger partial charge in [0.2, 0.25) is 11.0 Å². The quantitative estimate of drug-likeness (QED) is 0.494. The summed E-state index contributed by atoms with van der Waals surface area (Å²) in [5.74, 6) is 1.08. The number of aromatic nitrogens is 2. The number of methoxy groups -OCH3 is 1. The van der Waals surface area contributed by atoms with Crippen LogP contribution in [0, 0.1) is 0 Å². The number of hydrogen-bond donors (Lipinski definition) is 1. The van der Waals surface area contributed by atoms with E-state index in [0.29, 0.717) is 23.2 Å². The number of nitrogens with one attached hydrogen (secondary N) is 1. The largest absolute Gasteiger partial charge is 0.493 e. The Morgan fingerprint density at radius 2 is 2.08 bits per heavy atom. The number of aryl methyl sites for hydroxylation is 1. The summed E-state index contributed by atoms with van der Waals surface area (Å²) in [6.07, 6.45) is 7.54. The summed E-state index contributed by atoms with van der Waals surface area (Å²) in [4.78, 5) is 12.1. The van der Waals surface area contributed by atoms with E-state index in [1.54, 1.807) is 13.2 Å². The lowest BCUT2D eigenvalue weighted by molar-refractivity contribution is -0.111. The van der Waals surface area contributed by atoms with Crippen LogP contribution in [0.25, 0.3) is 6.08 Å². The van der Waals surface area contributed by atoms with E-state index >= 15 is 0 Å². The first-order chi connectivity index (χ1) is 12.7. The van der Waals surface area contributed by atoms with Crippen LogP contribution in [0.1, 0.15) is 43.7 Å². The molecule has 0 fully saturated rings. The molecule has 6 nitrogen and oxygen atoms in total. The van der Waals surface area contributed by atoms with Crippen molar-refractivity contribution in [2.45, 2.75) is 39.5 Å². The average Bonchev–Trinajstić information content (AvgIpc) is 3.08. The third kappa shape index (κ3) is 6.15. The fraction of sp³-hybridized carbons (Fsp3) is 0.421. The second kappa shape index (κ2) is 10.6. The first kappa shape index (κ1) is 19.9. The van der Waals surface area contributed by atoms with Gasteiger partial charge in [0.05, 0.1) is 13.7 Å². The van der Waals surface area contributed by atoms with Gasteiger partial charge in [-0.25, -0.2) is 0 Å². The Balaban J connectivity index is 1.93. The minimum absolute atomic E-state index is 0.241. The van der Waals surface area contributed by atoms with Crippen LogP contribution in [-0.2, 0) is 11.2 Å². The number of hydrogen-bond acceptors (Lipinski definition) is 6. The number of benzene rings is 1. The van der Waals surface area contributed by atoms with Gasteiger partial charge in [0.15, 0.2) is 11.5 Å². The summed E-state index contributed by atoms with van der Waals surface area (Å²) >= 11 is 1.42. The minimum atomic E-state index is -0.241. The van der Waals surface area contributed by atoms with Crippen LogP contribution in [0.15, 0.2) is 24.3 Å². The lowest BCUT2D eigenvalue weighted by atomic mass is 10.2. The molecular weight excluding hydrogens is 350 g/mol. The Morgan fingerprint density at radius 3 is 2.81 bits per heavy atom. The molecule has 1 aromatic heterocycles. The number of ether oxygens (including phenoxy) is 2. The summed E-state index contributed by atoms with van der Waals surface area (Å²) in [5.41, 5.74) is 0.849. The van der Waals surface area contributed by atoms with Gasteiger partial charge in [0, 0.05) is 12.5 Å². The number of rotatable bonds is 10. The Bertz CT molecular complexity index is 743. The van der Waals surface area contributed by atoms with E-state index in [2.05, 4.69) is 22.4 Å². The van der Waals surface area contributed by atoms with E-state index in [0.717, 1.165) is 23.4 Å². The van der Waals surface area contributed by atoms with Crippen LogP contribution in [0.2, 0.25) is 0 Å². The molecule has 0 saturated carbocycles. The van der Waals surface area contributed by atoms with Crippen molar-refractivity contribution in [3.8, 4) is 11.5 Å². The van der Waals surface area contributed by atoms with Crippen LogP contribution in [0.3, 0.4) is 0 Å². The predicted molar refractivity (Wildman–Crippen MR) is 105 cm³/mol. The molecule has 140 valence electrons. The number of anilines is 1. The van der Waals surface area contributed by atoms with Crippen LogP contribution < -0.4 is 14.8 Å². The summed E-state index contributed by atoms with van der Waals surface area (Å²) in [6.45, 7) is 4.62. The third-order valence-electron chi connectivity index (χ3n) is 3.61. The van der Waals surface area contributed by atoms with Crippen LogP contribution in [0.5, 0.6) is 11.5 Å². The molecule has 0 aliphatic heterocycles. The first-order valence-electron chi connectivity index (χ1n) is 8.78. The molecule has 1 N–H and O–H groups in total. The van der Waals surface area contributed by atoms with Crippen molar-refractivity contribution in [3.05, 3.63) is 34.8 Å². The molecule has 0 aliphatic carbocycles. The summed E-state index contributed by atoms with van der Waals surface area (Å²) in [7, 11) is 1.60. The second-order valence-electron chi connectivity index (χ2n) is 5.62. The third-order valence-corrected chi connectivity index (χ3v) is 4.50. The van der Waals surface area contributed by atoms with Gasteiger partial charge >= 0.3 is 0 Å². The maximum absolute atomic E-state index is 12.1. The van der Waals surface area contributed by atoms with Crippen molar-refractivity contribution in [3.63, 3.8) is 0 Å². The van der Waals surface area contributed by atoms with E-state index < -0.39 is 0 Å². The lowest BCUT2D eigenvalue weighted by Crippen LogP contribution is -2.07. The second-order valence-corrected chi connectivity index (χ2v) is 6.69. The fourth-order valence-electron chi connectivity index (χ4n) is 2.32. The molecule has 0 aliphatic rings. The lowest BCUT2D eigenvalue weighted by Gasteiger charge is -2.09. The van der Waals surface area contributed by atoms with Gasteiger partial charge in [-0.05, 0) is 37.1 Å². The van der Waals surface area contributed by atoms with E-state index in [9.17, 15) is 4.79 Å². The Hall–Kier alpha value is -2.41. The molecule has 2 aromatic rings. The molecule has 1 heterocycles. The molecule has 0 radical (unpaired) electrons. The Labute approximate surface area is 158 Å². The normalized spacial score (nSPS) is 10.9. The smallest absolute Gasteiger partial charge is 0.250 e. The average molecular weight is 375 g/mol. The van der Waals surface area contributed by atoms with E-state index in [1.165, 1.54) is 30.3 Å². The number of carbonyl (C=O) groups excluding carboxylic acids is 1. The summed E-state index contributed by atoms with van der Waals surface area (Å²) in [6, 6.07) is 5.51. The van der Waals surface area contributed by atoms with Crippen LogP contribution in [-0.4, -0.2) is 29.8 Å². The number of unbranched alkanes of at least 4 members (excludes halogenated alkanes) is 2. The van der Waals surface area contributed by atoms with Gasteiger partial charge in [0.1, 0.15) is 5.01 Å². The Morgan fingerprint density at radius 1 is 1.23 bits per heavy atom. The maximum atomic E-state index is 12.1. The van der Waals surface area contributed by atoms with Crippen molar-refractivity contribution in [2.24, 2.45) is 0 Å². The fourth-order valence-corrected chi connectivity index (χ4v) is 3.10. The molecule has 0 bridgehead atoms. The minimum Gasteiger partial charge on any atom is -0.493 e. The van der Waals surface area contributed by atoms with Crippen molar-refractivity contribution < 1.29 is 14.3 Å². The van der Waals surface area contributed by atoms with Crippen molar-refractivity contribution >= 4 is 28.5 Å². The SMILES string of the molecule is CCCCCc1nnc(NC(=O)/C=C/c2ccc(OC)c(OCC)c2)s1. The van der Waals surface area contributed by atoms with E-state index in [1.807, 2.05) is 25.1 Å². The molecule has 0 unspecified atom stereocenters. The Kier molecular flexibility index (Phi) is 8.08. The van der Waals surface area contributed by atoms with E-state index in [-0.39, 0.29) is 5.91 Å². The van der Waals surface area contributed by atoms with Gasteiger partial charge in [-0.2, -0.15) is 0 Å². The monoisotopic (exact) mass is 375 g/mol. The number of amides is 1. The zero-order chi connectivity index (χ0) is 18.8. The molecule has 7 heteroatoms. The van der Waals surface area contributed by atoms with Gasteiger partial charge < -0.3 is 9.47 Å². The molecule has 0 atom stereocenters. The zero-order valence-corrected chi connectivity index (χ0v) is 16.3. The van der Waals surface area contributed by atoms with Gasteiger partial charge in [-0.1, -0.05) is 37.2 Å². The molecule has 1 amide bonds. The zero-order valence-electron chi connectivity index (χ0n) is 15.4. The van der Waals surface area contributed by atoms with Crippen LogP contribution in [0.4, 0.5) is 5.13 Å². The van der Waals surface area contributed by atoms with Crippen molar-refractivity contribution in [2.75, 3.05) is 19.0 Å². The highest BCUT2D eigenvalue weighted by Gasteiger charge is 2.07. The highest BCUT2D eigenvalue weighted by atomic mass is 32.1. The first-order valence-corrected chi connectivity index (χ1v) is 9.60. The molecule has 26 heavy (non-hydrogen) atoms. The van der Waals surface area contributed by atoms with Crippen molar-refractivity contribution in [1.29, 1.82) is 0 Å². The number of nitrogens with zero attached hydrogens (tertiary/aromatic N) is 2.